The van der Waals surface area contributed by atoms with Gasteiger partial charge in [-0.1, -0.05) is 0 Å². The van der Waals surface area contributed by atoms with Crippen molar-refractivity contribution < 1.29 is 18.8 Å². The fraction of sp³-hybridized carbons (Fsp3) is 0.333. The van der Waals surface area contributed by atoms with Crippen LogP contribution in [0.25, 0.3) is 0 Å². The summed E-state index contributed by atoms with van der Waals surface area (Å²) in [6.07, 6.45) is 0.665. The van der Waals surface area contributed by atoms with Crippen molar-refractivity contribution in [3.63, 3.8) is 0 Å². The number of nitrogens with zero attached hydrogens (tertiary/aromatic N) is 1. The van der Waals surface area contributed by atoms with E-state index >= 15 is 0 Å². The van der Waals surface area contributed by atoms with Gasteiger partial charge in [0.25, 0.3) is 5.69 Å². The van der Waals surface area contributed by atoms with E-state index in [2.05, 4.69) is 0 Å². The molecule has 1 aromatic carbocycles. The van der Waals surface area contributed by atoms with Crippen LogP contribution < -0.4 is 0 Å². The number of halogens is 2. The number of nitro benzene ring substituents is 1. The van der Waals surface area contributed by atoms with E-state index in [0.717, 1.165) is 0 Å². The van der Waals surface area contributed by atoms with Crippen molar-refractivity contribution in [2.45, 2.75) is 18.4 Å². The lowest BCUT2D eigenvalue weighted by atomic mass is 10.1. The molecular weight excluding hydrogens is 208 g/mol. The predicted molar refractivity (Wildman–Crippen MR) is 46.1 cm³/mol. The molecule has 0 aliphatic heterocycles. The third-order valence-corrected chi connectivity index (χ3v) is 2.46. The molecule has 0 aromatic heterocycles. The maximum Gasteiger partial charge on any atom is 0.278 e. The molecule has 0 radical (unpaired) electrons. The Morgan fingerprint density at radius 2 is 1.87 bits per heavy atom. The average molecular weight is 215 g/mol. The maximum atomic E-state index is 12.9. The topological polar surface area (TPSA) is 63.4 Å². The summed E-state index contributed by atoms with van der Waals surface area (Å²) in [4.78, 5) is 9.74. The van der Waals surface area contributed by atoms with Gasteiger partial charge in [0.15, 0.2) is 11.6 Å². The number of aliphatic hydroxyl groups is 1. The standard InChI is InChI=1S/C9H7F2NO3/c10-6-3-5(9(13)1-2-9)8(12(14)15)4-7(6)11/h3-4,13H,1-2H2. The molecular formula is C9H7F2NO3. The van der Waals surface area contributed by atoms with Gasteiger partial charge in [-0.3, -0.25) is 10.1 Å². The monoisotopic (exact) mass is 215 g/mol. The van der Waals surface area contributed by atoms with Gasteiger partial charge in [0, 0.05) is 0 Å². The van der Waals surface area contributed by atoms with Gasteiger partial charge in [0.2, 0.25) is 0 Å². The van der Waals surface area contributed by atoms with E-state index in [4.69, 9.17) is 0 Å². The van der Waals surface area contributed by atoms with E-state index in [-0.39, 0.29) is 5.56 Å². The highest BCUT2D eigenvalue weighted by Crippen LogP contribution is 2.48. The molecule has 1 aliphatic carbocycles. The summed E-state index contributed by atoms with van der Waals surface area (Å²) in [7, 11) is 0. The van der Waals surface area contributed by atoms with Gasteiger partial charge in [-0.25, -0.2) is 8.78 Å². The van der Waals surface area contributed by atoms with Crippen LogP contribution in [-0.2, 0) is 5.60 Å². The van der Waals surface area contributed by atoms with Crippen LogP contribution >= 0.6 is 0 Å². The molecule has 4 nitrogen and oxygen atoms in total. The first-order chi connectivity index (χ1) is 6.94. The van der Waals surface area contributed by atoms with Crippen LogP contribution in [0.2, 0.25) is 0 Å². The van der Waals surface area contributed by atoms with Crippen LogP contribution in [0.15, 0.2) is 12.1 Å². The van der Waals surface area contributed by atoms with Crippen LogP contribution in [0.5, 0.6) is 0 Å². The van der Waals surface area contributed by atoms with Gasteiger partial charge in [0.05, 0.1) is 22.2 Å². The number of nitro groups is 1. The summed E-state index contributed by atoms with van der Waals surface area (Å²) < 4.78 is 25.6. The fourth-order valence-electron chi connectivity index (χ4n) is 1.45. The lowest BCUT2D eigenvalue weighted by Crippen LogP contribution is -2.09. The molecule has 1 fully saturated rings. The Morgan fingerprint density at radius 1 is 1.33 bits per heavy atom. The minimum Gasteiger partial charge on any atom is -0.385 e. The first-order valence-corrected chi connectivity index (χ1v) is 4.30. The van der Waals surface area contributed by atoms with Crippen LogP contribution in [-0.4, -0.2) is 10.0 Å². The fourth-order valence-corrected chi connectivity index (χ4v) is 1.45. The summed E-state index contributed by atoms with van der Waals surface area (Å²) in [5, 5.41) is 20.2. The predicted octanol–water partition coefficient (Wildman–Crippen LogP) is 1.85. The molecule has 1 aliphatic rings. The maximum absolute atomic E-state index is 12.9. The highest BCUT2D eigenvalue weighted by Gasteiger charge is 2.47. The summed E-state index contributed by atoms with van der Waals surface area (Å²) in [6.45, 7) is 0. The summed E-state index contributed by atoms with van der Waals surface area (Å²) >= 11 is 0. The Kier molecular flexibility index (Phi) is 1.97. The molecule has 0 amide bonds. The number of hydrogen-bond acceptors (Lipinski definition) is 3. The van der Waals surface area contributed by atoms with Gasteiger partial charge in [-0.2, -0.15) is 0 Å². The Balaban J connectivity index is 2.61. The van der Waals surface area contributed by atoms with E-state index in [1.165, 1.54) is 0 Å². The minimum atomic E-state index is -1.35. The average Bonchev–Trinajstić information content (AvgIpc) is 2.88. The lowest BCUT2D eigenvalue weighted by Gasteiger charge is -2.08. The highest BCUT2D eigenvalue weighted by atomic mass is 19.2. The Bertz CT molecular complexity index is 443. The number of hydrogen-bond donors (Lipinski definition) is 1. The van der Waals surface area contributed by atoms with Crippen molar-refractivity contribution >= 4 is 5.69 Å². The van der Waals surface area contributed by atoms with Crippen LogP contribution in [0.3, 0.4) is 0 Å². The van der Waals surface area contributed by atoms with Crippen molar-refractivity contribution in [1.29, 1.82) is 0 Å². The Morgan fingerprint density at radius 3 is 2.33 bits per heavy atom. The first kappa shape index (κ1) is 9.97. The first-order valence-electron chi connectivity index (χ1n) is 4.30. The molecule has 0 spiro atoms. The van der Waals surface area contributed by atoms with Crippen LogP contribution in [0.4, 0.5) is 14.5 Å². The molecule has 0 bridgehead atoms. The van der Waals surface area contributed by atoms with E-state index in [1.807, 2.05) is 0 Å². The molecule has 2 rings (SSSR count). The molecule has 0 saturated heterocycles. The normalized spacial score (nSPS) is 17.5. The largest absolute Gasteiger partial charge is 0.385 e. The van der Waals surface area contributed by atoms with Gasteiger partial charge in [-0.15, -0.1) is 0 Å². The van der Waals surface area contributed by atoms with Crippen molar-refractivity contribution in [3.8, 4) is 0 Å². The van der Waals surface area contributed by atoms with E-state index in [1.54, 1.807) is 0 Å². The minimum absolute atomic E-state index is 0.147. The molecule has 0 heterocycles. The second-order valence-corrected chi connectivity index (χ2v) is 3.57. The number of rotatable bonds is 2. The Labute approximate surface area is 83.3 Å². The SMILES string of the molecule is O=[N+]([O-])c1cc(F)c(F)cc1C1(O)CC1. The zero-order valence-corrected chi connectivity index (χ0v) is 7.54. The zero-order chi connectivity index (χ0) is 11.2. The molecule has 1 N–H and O–H groups in total. The number of benzene rings is 1. The van der Waals surface area contributed by atoms with Gasteiger partial charge in [0.1, 0.15) is 0 Å². The molecule has 80 valence electrons. The lowest BCUT2D eigenvalue weighted by molar-refractivity contribution is -0.386. The van der Waals surface area contributed by atoms with Crippen molar-refractivity contribution in [1.82, 2.24) is 0 Å². The van der Waals surface area contributed by atoms with Crippen molar-refractivity contribution in [2.24, 2.45) is 0 Å². The third kappa shape index (κ3) is 1.56. The smallest absolute Gasteiger partial charge is 0.278 e. The molecule has 15 heavy (non-hydrogen) atoms. The highest BCUT2D eigenvalue weighted by molar-refractivity contribution is 5.47. The van der Waals surface area contributed by atoms with E-state index < -0.39 is 27.8 Å². The van der Waals surface area contributed by atoms with Gasteiger partial charge in [-0.05, 0) is 18.9 Å². The summed E-state index contributed by atoms with van der Waals surface area (Å²) in [5.41, 5.74) is -2.07. The van der Waals surface area contributed by atoms with E-state index in [9.17, 15) is 24.0 Å². The van der Waals surface area contributed by atoms with Gasteiger partial charge < -0.3 is 5.11 Å². The second kappa shape index (κ2) is 2.96. The molecule has 1 saturated carbocycles. The quantitative estimate of drug-likeness (QED) is 0.604. The van der Waals surface area contributed by atoms with Gasteiger partial charge >= 0.3 is 0 Å². The zero-order valence-electron chi connectivity index (χ0n) is 7.54. The van der Waals surface area contributed by atoms with Crippen molar-refractivity contribution in [3.05, 3.63) is 39.4 Å². The summed E-state index contributed by atoms with van der Waals surface area (Å²) in [6, 6.07) is 1.20. The molecule has 0 unspecified atom stereocenters. The van der Waals surface area contributed by atoms with E-state index in [0.29, 0.717) is 25.0 Å². The third-order valence-electron chi connectivity index (χ3n) is 2.46. The molecule has 1 aromatic rings. The van der Waals surface area contributed by atoms with Crippen molar-refractivity contribution in [2.75, 3.05) is 0 Å². The summed E-state index contributed by atoms with van der Waals surface area (Å²) in [5.74, 6) is -2.47. The van der Waals surface area contributed by atoms with Crippen LogP contribution in [0.1, 0.15) is 18.4 Å². The molecule has 0 atom stereocenters. The van der Waals surface area contributed by atoms with Crippen LogP contribution in [0, 0.1) is 21.7 Å². The second-order valence-electron chi connectivity index (χ2n) is 3.57. The Hall–Kier alpha value is -1.56. The molecule has 6 heteroatoms.